The highest BCUT2D eigenvalue weighted by Gasteiger charge is 2.22. The van der Waals surface area contributed by atoms with Gasteiger partial charge in [-0.25, -0.2) is 4.98 Å². The Labute approximate surface area is 205 Å². The lowest BCUT2D eigenvalue weighted by molar-refractivity contribution is -0.122. The molecule has 1 aliphatic rings. The summed E-state index contributed by atoms with van der Waals surface area (Å²) in [5.41, 5.74) is 3.05. The van der Waals surface area contributed by atoms with Gasteiger partial charge in [0, 0.05) is 26.2 Å². The van der Waals surface area contributed by atoms with Crippen molar-refractivity contribution in [3.8, 4) is 5.75 Å². The Kier molecular flexibility index (Phi) is 7.36. The maximum absolute atomic E-state index is 12.9. The molecular weight excluding hydrogens is 440 g/mol. The molecule has 4 aromatic rings. The third-order valence-corrected chi connectivity index (χ3v) is 6.15. The van der Waals surface area contributed by atoms with Gasteiger partial charge in [0.2, 0.25) is 5.91 Å². The van der Waals surface area contributed by atoms with E-state index in [9.17, 15) is 4.79 Å². The first kappa shape index (κ1) is 23.1. The number of fused-ring (bicyclic) bond motifs is 1. The number of benzene rings is 3. The average Bonchev–Trinajstić information content (AvgIpc) is 3.25. The van der Waals surface area contributed by atoms with Gasteiger partial charge in [0.1, 0.15) is 24.7 Å². The highest BCUT2D eigenvalue weighted by Crippen LogP contribution is 2.18. The standard InChI is InChI=1S/C28H30N4O3/c33-28(29-17-24-19-31(15-16-34-24)18-22-9-3-1-4-10-22)20-32-26-14-8-7-13-25(26)30-27(32)21-35-23-11-5-2-6-12-23/h1-14,24H,15-21H2,(H,29,33). The lowest BCUT2D eigenvalue weighted by Crippen LogP contribution is -2.47. The van der Waals surface area contributed by atoms with Crippen molar-refractivity contribution < 1.29 is 14.3 Å². The molecule has 180 valence electrons. The largest absolute Gasteiger partial charge is 0.486 e. The normalized spacial score (nSPS) is 16.3. The van der Waals surface area contributed by atoms with Crippen LogP contribution in [0.1, 0.15) is 11.4 Å². The number of rotatable bonds is 9. The van der Waals surface area contributed by atoms with E-state index in [0.29, 0.717) is 19.0 Å². The molecule has 7 nitrogen and oxygen atoms in total. The second-order valence-corrected chi connectivity index (χ2v) is 8.72. The SMILES string of the molecule is O=C(Cn1c(COc2ccccc2)nc2ccccc21)NCC1CN(Cc2ccccc2)CCO1. The number of amides is 1. The van der Waals surface area contributed by atoms with Crippen molar-refractivity contribution in [2.45, 2.75) is 25.8 Å². The van der Waals surface area contributed by atoms with Crippen LogP contribution in [0.25, 0.3) is 11.0 Å². The zero-order valence-corrected chi connectivity index (χ0v) is 19.7. The van der Waals surface area contributed by atoms with Gasteiger partial charge in [0.15, 0.2) is 0 Å². The van der Waals surface area contributed by atoms with E-state index in [2.05, 4.69) is 34.5 Å². The van der Waals surface area contributed by atoms with Crippen LogP contribution < -0.4 is 10.1 Å². The van der Waals surface area contributed by atoms with Gasteiger partial charge in [-0.2, -0.15) is 0 Å². The first-order valence-corrected chi connectivity index (χ1v) is 12.0. The summed E-state index contributed by atoms with van der Waals surface area (Å²) in [5.74, 6) is 1.41. The van der Waals surface area contributed by atoms with E-state index >= 15 is 0 Å². The Hall–Kier alpha value is -3.68. The zero-order valence-electron chi connectivity index (χ0n) is 19.7. The molecule has 1 aliphatic heterocycles. The van der Waals surface area contributed by atoms with E-state index in [4.69, 9.17) is 14.5 Å². The molecule has 1 atom stereocenters. The third-order valence-electron chi connectivity index (χ3n) is 6.15. The molecular formula is C28H30N4O3. The molecule has 1 saturated heterocycles. The molecule has 1 amide bonds. The molecule has 0 spiro atoms. The number of hydrogen-bond acceptors (Lipinski definition) is 5. The number of morpholine rings is 1. The van der Waals surface area contributed by atoms with E-state index < -0.39 is 0 Å². The van der Waals surface area contributed by atoms with Gasteiger partial charge in [-0.1, -0.05) is 60.7 Å². The Bertz CT molecular complexity index is 1240. The van der Waals surface area contributed by atoms with Crippen LogP contribution in [0.5, 0.6) is 5.75 Å². The number of para-hydroxylation sites is 3. The summed E-state index contributed by atoms with van der Waals surface area (Å²) in [6, 6.07) is 27.9. The van der Waals surface area contributed by atoms with Crippen LogP contribution in [0.15, 0.2) is 84.9 Å². The summed E-state index contributed by atoms with van der Waals surface area (Å²) in [4.78, 5) is 20.0. The van der Waals surface area contributed by atoms with E-state index in [1.165, 1.54) is 5.56 Å². The van der Waals surface area contributed by atoms with Crippen LogP contribution in [0.3, 0.4) is 0 Å². The van der Waals surface area contributed by atoms with Crippen molar-refractivity contribution in [2.24, 2.45) is 0 Å². The van der Waals surface area contributed by atoms with Gasteiger partial charge >= 0.3 is 0 Å². The Morgan fingerprint density at radius 1 is 1.00 bits per heavy atom. The molecule has 0 aliphatic carbocycles. The van der Waals surface area contributed by atoms with E-state index in [0.717, 1.165) is 36.4 Å². The predicted molar refractivity (Wildman–Crippen MR) is 135 cm³/mol. The summed E-state index contributed by atoms with van der Waals surface area (Å²) in [6.45, 7) is 4.18. The van der Waals surface area contributed by atoms with Crippen molar-refractivity contribution in [3.63, 3.8) is 0 Å². The minimum absolute atomic E-state index is 0.0307. The summed E-state index contributed by atoms with van der Waals surface area (Å²) >= 11 is 0. The van der Waals surface area contributed by atoms with Crippen molar-refractivity contribution in [1.82, 2.24) is 19.8 Å². The minimum atomic E-state index is -0.0714. The monoisotopic (exact) mass is 470 g/mol. The fourth-order valence-corrected chi connectivity index (χ4v) is 4.39. The quantitative estimate of drug-likeness (QED) is 0.405. The number of imidazole rings is 1. The van der Waals surface area contributed by atoms with Gasteiger partial charge in [0.25, 0.3) is 0 Å². The lowest BCUT2D eigenvalue weighted by atomic mass is 10.2. The maximum atomic E-state index is 12.9. The lowest BCUT2D eigenvalue weighted by Gasteiger charge is -2.33. The average molecular weight is 471 g/mol. The van der Waals surface area contributed by atoms with Gasteiger partial charge < -0.3 is 19.4 Å². The molecule has 1 unspecified atom stereocenters. The maximum Gasteiger partial charge on any atom is 0.240 e. The zero-order chi connectivity index (χ0) is 23.9. The fourth-order valence-electron chi connectivity index (χ4n) is 4.39. The number of carbonyl (C=O) groups is 1. The molecule has 0 radical (unpaired) electrons. The van der Waals surface area contributed by atoms with Gasteiger partial charge in [-0.05, 0) is 29.8 Å². The van der Waals surface area contributed by atoms with Crippen molar-refractivity contribution >= 4 is 16.9 Å². The summed E-state index contributed by atoms with van der Waals surface area (Å²) in [5, 5.41) is 3.06. The van der Waals surface area contributed by atoms with Crippen LogP contribution in [0, 0.1) is 0 Å². The molecule has 1 aromatic heterocycles. The van der Waals surface area contributed by atoms with Gasteiger partial charge in [-0.15, -0.1) is 0 Å². The summed E-state index contributed by atoms with van der Waals surface area (Å²) in [6.07, 6.45) is -0.0307. The first-order chi connectivity index (χ1) is 17.2. The molecule has 7 heteroatoms. The van der Waals surface area contributed by atoms with Crippen LogP contribution >= 0.6 is 0 Å². The Balaban J connectivity index is 1.19. The van der Waals surface area contributed by atoms with Crippen molar-refractivity contribution in [3.05, 3.63) is 96.3 Å². The second kappa shape index (κ2) is 11.2. The molecule has 5 rings (SSSR count). The molecule has 1 N–H and O–H groups in total. The molecule has 0 saturated carbocycles. The highest BCUT2D eigenvalue weighted by atomic mass is 16.5. The summed E-state index contributed by atoms with van der Waals surface area (Å²) in [7, 11) is 0. The van der Waals surface area contributed by atoms with Gasteiger partial charge in [-0.3, -0.25) is 9.69 Å². The number of nitrogens with zero attached hydrogens (tertiary/aromatic N) is 3. The van der Waals surface area contributed by atoms with Crippen molar-refractivity contribution in [1.29, 1.82) is 0 Å². The highest BCUT2D eigenvalue weighted by molar-refractivity contribution is 5.81. The second-order valence-electron chi connectivity index (χ2n) is 8.72. The summed E-state index contributed by atoms with van der Waals surface area (Å²) < 4.78 is 13.8. The third kappa shape index (κ3) is 6.07. The van der Waals surface area contributed by atoms with Crippen molar-refractivity contribution in [2.75, 3.05) is 26.2 Å². The molecule has 1 fully saturated rings. The van der Waals surface area contributed by atoms with Crippen LogP contribution in [-0.4, -0.2) is 52.7 Å². The Morgan fingerprint density at radius 2 is 1.74 bits per heavy atom. The topological polar surface area (TPSA) is 68.6 Å². The molecule has 35 heavy (non-hydrogen) atoms. The predicted octanol–water partition coefficient (Wildman–Crippen LogP) is 3.63. The van der Waals surface area contributed by atoms with E-state index in [-0.39, 0.29) is 25.2 Å². The first-order valence-electron chi connectivity index (χ1n) is 12.0. The van der Waals surface area contributed by atoms with E-state index in [1.54, 1.807) is 0 Å². The van der Waals surface area contributed by atoms with Gasteiger partial charge in [0.05, 0.1) is 23.7 Å². The number of aromatic nitrogens is 2. The fraction of sp³-hybridized carbons (Fsp3) is 0.286. The van der Waals surface area contributed by atoms with Crippen LogP contribution in [0.4, 0.5) is 0 Å². The number of nitrogens with one attached hydrogen (secondary N) is 1. The molecule has 2 heterocycles. The Morgan fingerprint density at radius 3 is 2.57 bits per heavy atom. The van der Waals surface area contributed by atoms with Crippen LogP contribution in [-0.2, 0) is 29.2 Å². The minimum Gasteiger partial charge on any atom is -0.486 e. The number of carbonyl (C=O) groups excluding carboxylic acids is 1. The molecule has 3 aromatic carbocycles. The smallest absolute Gasteiger partial charge is 0.240 e. The molecule has 0 bridgehead atoms. The number of hydrogen-bond donors (Lipinski definition) is 1. The van der Waals surface area contributed by atoms with E-state index in [1.807, 2.05) is 65.2 Å². The van der Waals surface area contributed by atoms with Crippen LogP contribution in [0.2, 0.25) is 0 Å². The number of ether oxygens (including phenoxy) is 2.